The van der Waals surface area contributed by atoms with Gasteiger partial charge >= 0.3 is 0 Å². The minimum atomic E-state index is 0.132. The van der Waals surface area contributed by atoms with Crippen molar-refractivity contribution in [3.8, 4) is 17.2 Å². The zero-order valence-electron chi connectivity index (χ0n) is 11.8. The van der Waals surface area contributed by atoms with Gasteiger partial charge in [0.1, 0.15) is 0 Å². The van der Waals surface area contributed by atoms with E-state index in [-0.39, 0.29) is 5.54 Å². The third-order valence-electron chi connectivity index (χ3n) is 3.15. The average Bonchev–Trinajstić information content (AvgIpc) is 2.84. The highest BCUT2D eigenvalue weighted by Crippen LogP contribution is 2.50. The fraction of sp³-hybridized carbons (Fsp3) is 0.462. The van der Waals surface area contributed by atoms with Crippen LogP contribution in [-0.2, 0) is 0 Å². The van der Waals surface area contributed by atoms with Crippen LogP contribution in [0.25, 0.3) is 10.2 Å². The number of thiazole rings is 1. The fourth-order valence-electron chi connectivity index (χ4n) is 2.23. The molecular weight excluding hydrogens is 310 g/mol. The highest BCUT2D eigenvalue weighted by Gasteiger charge is 2.26. The van der Waals surface area contributed by atoms with Crippen molar-refractivity contribution in [1.82, 2.24) is 4.98 Å². The molecule has 107 valence electrons. The van der Waals surface area contributed by atoms with Gasteiger partial charge in [-0.05, 0) is 17.8 Å². The van der Waals surface area contributed by atoms with Gasteiger partial charge in [0.15, 0.2) is 15.5 Å². The number of nitrogens with one attached hydrogen (secondary N) is 1. The first-order valence-corrected chi connectivity index (χ1v) is 7.94. The van der Waals surface area contributed by atoms with E-state index in [0.29, 0.717) is 21.2 Å². The molecule has 7 heteroatoms. The summed E-state index contributed by atoms with van der Waals surface area (Å²) in [7, 11) is 8.60. The Labute approximate surface area is 130 Å². The summed E-state index contributed by atoms with van der Waals surface area (Å²) in [5, 5.41) is 0. The molecule has 2 aromatic rings. The smallest absolute Gasteiger partial charge is 0.205 e. The number of benzene rings is 1. The standard InChI is InChI=1S/C13H16NO3S2Si/c1-5-6(20)7-8-12(19-13(18)14-8)11(17-4)10(16-3)9(7)15-2/h6H,5H2,1-4H3,(H,14,18). The number of hydrogen-bond acceptors (Lipinski definition) is 5. The van der Waals surface area contributed by atoms with Crippen molar-refractivity contribution in [1.29, 1.82) is 0 Å². The molecule has 1 aromatic heterocycles. The van der Waals surface area contributed by atoms with Gasteiger partial charge in [0.2, 0.25) is 5.75 Å². The molecule has 0 aliphatic carbocycles. The predicted octanol–water partition coefficient (Wildman–Crippen LogP) is 3.60. The van der Waals surface area contributed by atoms with E-state index in [1.54, 1.807) is 21.3 Å². The van der Waals surface area contributed by atoms with Crippen molar-refractivity contribution in [2.45, 2.75) is 18.9 Å². The Morgan fingerprint density at radius 3 is 2.25 bits per heavy atom. The van der Waals surface area contributed by atoms with Crippen molar-refractivity contribution in [2.24, 2.45) is 0 Å². The lowest BCUT2D eigenvalue weighted by Gasteiger charge is -2.20. The Bertz CT molecular complexity index is 680. The lowest BCUT2D eigenvalue weighted by Crippen LogP contribution is -2.05. The number of fused-ring (bicyclic) bond motifs is 1. The first-order chi connectivity index (χ1) is 9.58. The van der Waals surface area contributed by atoms with Gasteiger partial charge in [-0.25, -0.2) is 0 Å². The Morgan fingerprint density at radius 1 is 1.15 bits per heavy atom. The van der Waals surface area contributed by atoms with Crippen LogP contribution in [0.4, 0.5) is 0 Å². The largest absolute Gasteiger partial charge is 0.492 e. The average molecular weight is 326 g/mol. The Balaban J connectivity index is 2.97. The molecule has 2 rings (SSSR count). The molecule has 0 spiro atoms. The minimum Gasteiger partial charge on any atom is -0.492 e. The molecule has 0 fully saturated rings. The van der Waals surface area contributed by atoms with Crippen molar-refractivity contribution in [2.75, 3.05) is 21.3 Å². The summed E-state index contributed by atoms with van der Waals surface area (Å²) in [5.41, 5.74) is 2.08. The Morgan fingerprint density at radius 2 is 1.75 bits per heavy atom. The molecule has 1 N–H and O–H groups in total. The van der Waals surface area contributed by atoms with Gasteiger partial charge < -0.3 is 19.2 Å². The number of rotatable bonds is 5. The van der Waals surface area contributed by atoms with Crippen LogP contribution in [0, 0.1) is 3.95 Å². The molecule has 0 bridgehead atoms. The van der Waals surface area contributed by atoms with Crippen molar-refractivity contribution in [3.05, 3.63) is 9.52 Å². The van der Waals surface area contributed by atoms with Crippen LogP contribution in [0.2, 0.25) is 0 Å². The van der Waals surface area contributed by atoms with Gasteiger partial charge in [-0.15, -0.1) is 11.3 Å². The lowest BCUT2D eigenvalue weighted by atomic mass is 10.1. The van der Waals surface area contributed by atoms with Crippen LogP contribution in [-0.4, -0.2) is 36.6 Å². The molecule has 0 saturated heterocycles. The summed E-state index contributed by atoms with van der Waals surface area (Å²) >= 11 is 6.74. The molecule has 3 radical (unpaired) electrons. The molecule has 1 heterocycles. The zero-order chi connectivity index (χ0) is 14.9. The SMILES string of the molecule is CCC([Si])c1c(OC)c(OC)c(OC)c2sc(=S)[nH]c12. The quantitative estimate of drug-likeness (QED) is 0.673. The van der Waals surface area contributed by atoms with Crippen LogP contribution >= 0.6 is 23.6 Å². The number of H-pyrrole nitrogens is 1. The van der Waals surface area contributed by atoms with E-state index in [0.717, 1.165) is 22.2 Å². The van der Waals surface area contributed by atoms with E-state index in [1.165, 1.54) is 11.3 Å². The van der Waals surface area contributed by atoms with Crippen LogP contribution in [0.5, 0.6) is 17.2 Å². The maximum Gasteiger partial charge on any atom is 0.205 e. The first kappa shape index (κ1) is 15.3. The van der Waals surface area contributed by atoms with Gasteiger partial charge in [0, 0.05) is 15.8 Å². The van der Waals surface area contributed by atoms with E-state index in [9.17, 15) is 0 Å². The molecule has 0 amide bonds. The van der Waals surface area contributed by atoms with Crippen LogP contribution < -0.4 is 14.2 Å². The zero-order valence-corrected chi connectivity index (χ0v) is 14.5. The summed E-state index contributed by atoms with van der Waals surface area (Å²) < 4.78 is 18.2. The summed E-state index contributed by atoms with van der Waals surface area (Å²) in [6, 6.07) is 0. The van der Waals surface area contributed by atoms with Gasteiger partial charge in [0.25, 0.3) is 0 Å². The van der Waals surface area contributed by atoms with E-state index < -0.39 is 0 Å². The second kappa shape index (κ2) is 6.15. The summed E-state index contributed by atoms with van der Waals surface area (Å²) in [6.45, 7) is 2.10. The topological polar surface area (TPSA) is 43.5 Å². The molecule has 1 unspecified atom stereocenters. The Hall–Kier alpha value is -1.05. The summed E-state index contributed by atoms with van der Waals surface area (Å²) in [6.07, 6.45) is 0.911. The first-order valence-electron chi connectivity index (χ1n) is 6.14. The lowest BCUT2D eigenvalue weighted by molar-refractivity contribution is 0.325. The molecule has 1 aromatic carbocycles. The molecule has 0 aliphatic heterocycles. The van der Waals surface area contributed by atoms with E-state index >= 15 is 0 Å². The van der Waals surface area contributed by atoms with Crippen molar-refractivity contribution >= 4 is 44.0 Å². The molecule has 20 heavy (non-hydrogen) atoms. The van der Waals surface area contributed by atoms with E-state index in [1.807, 2.05) is 0 Å². The number of hydrogen-bond donors (Lipinski definition) is 1. The molecule has 4 nitrogen and oxygen atoms in total. The molecule has 0 saturated carbocycles. The van der Waals surface area contributed by atoms with Gasteiger partial charge in [-0.3, -0.25) is 0 Å². The maximum absolute atomic E-state index is 5.56. The van der Waals surface area contributed by atoms with E-state index in [2.05, 4.69) is 22.2 Å². The second-order valence-electron chi connectivity index (χ2n) is 4.19. The van der Waals surface area contributed by atoms with Crippen LogP contribution in [0.15, 0.2) is 0 Å². The van der Waals surface area contributed by atoms with Crippen LogP contribution in [0.1, 0.15) is 24.4 Å². The van der Waals surface area contributed by atoms with Crippen molar-refractivity contribution < 1.29 is 14.2 Å². The summed E-state index contributed by atoms with van der Waals surface area (Å²) in [4.78, 5) is 3.23. The minimum absolute atomic E-state index is 0.132. The second-order valence-corrected chi connectivity index (χ2v) is 6.58. The highest BCUT2D eigenvalue weighted by atomic mass is 32.1. The fourth-order valence-corrected chi connectivity index (χ4v) is 3.73. The molecular formula is C13H16NO3S2Si. The predicted molar refractivity (Wildman–Crippen MR) is 85.5 cm³/mol. The highest BCUT2D eigenvalue weighted by molar-refractivity contribution is 7.73. The summed E-state index contributed by atoms with van der Waals surface area (Å²) in [5.74, 6) is 1.91. The third-order valence-corrected chi connectivity index (χ3v) is 5.08. The number of ether oxygens (including phenoxy) is 3. The number of methoxy groups -OCH3 is 3. The van der Waals surface area contributed by atoms with Crippen LogP contribution in [0.3, 0.4) is 0 Å². The van der Waals surface area contributed by atoms with Gasteiger partial charge in [-0.1, -0.05) is 13.3 Å². The van der Waals surface area contributed by atoms with Crippen molar-refractivity contribution in [3.63, 3.8) is 0 Å². The third kappa shape index (κ3) is 2.34. The number of aromatic amines is 1. The molecule has 1 atom stereocenters. The van der Waals surface area contributed by atoms with E-state index in [4.69, 9.17) is 26.4 Å². The van der Waals surface area contributed by atoms with Gasteiger partial charge in [0.05, 0.1) is 31.5 Å². The molecule has 0 aliphatic rings. The Kier molecular flexibility index (Phi) is 4.72. The van der Waals surface area contributed by atoms with Gasteiger partial charge in [-0.2, -0.15) is 0 Å². The monoisotopic (exact) mass is 326 g/mol. The normalized spacial score (nSPS) is 12.4. The maximum atomic E-state index is 5.56. The number of aromatic nitrogens is 1.